The highest BCUT2D eigenvalue weighted by Crippen LogP contribution is 2.14. The van der Waals surface area contributed by atoms with Gasteiger partial charge in [-0.3, -0.25) is 0 Å². The zero-order valence-electron chi connectivity index (χ0n) is 9.75. The van der Waals surface area contributed by atoms with Gasteiger partial charge in [0.2, 0.25) is 10.0 Å². The number of nitrogens with zero attached hydrogens (tertiary/aromatic N) is 2. The van der Waals surface area contributed by atoms with Crippen molar-refractivity contribution < 1.29 is 18.3 Å². The lowest BCUT2D eigenvalue weighted by atomic mass is 10.4. The average Bonchev–Trinajstić information content (AvgIpc) is 2.74. The highest BCUT2D eigenvalue weighted by Gasteiger charge is 2.20. The van der Waals surface area contributed by atoms with E-state index in [2.05, 4.69) is 4.72 Å². The number of hydrogen-bond donors (Lipinski definition) is 2. The van der Waals surface area contributed by atoms with Crippen LogP contribution in [0.15, 0.2) is 17.2 Å². The summed E-state index contributed by atoms with van der Waals surface area (Å²) in [5.74, 6) is -1.18. The van der Waals surface area contributed by atoms with E-state index in [0.717, 1.165) is 6.07 Å². The minimum atomic E-state index is -3.76. The number of hydrogen-bond acceptors (Lipinski definition) is 4. The normalized spacial score (nSPS) is 11.1. The number of nitrogens with one attached hydrogen (secondary N) is 1. The Morgan fingerprint density at radius 1 is 1.61 bits per heavy atom. The van der Waals surface area contributed by atoms with Gasteiger partial charge in [-0.25, -0.2) is 17.9 Å². The summed E-state index contributed by atoms with van der Waals surface area (Å²) in [6.07, 6.45) is 1.32. The van der Waals surface area contributed by atoms with E-state index in [-0.39, 0.29) is 23.6 Å². The molecule has 2 N–H and O–H groups in total. The molecule has 8 heteroatoms. The van der Waals surface area contributed by atoms with Crippen molar-refractivity contribution in [1.82, 2.24) is 9.29 Å². The SMILES string of the molecule is CCn1cc(S(=O)(=O)NCCC#N)cc1C(=O)O. The molecule has 18 heavy (non-hydrogen) atoms. The summed E-state index contributed by atoms with van der Waals surface area (Å²) < 4.78 is 27.1. The molecule has 0 aliphatic rings. The van der Waals surface area contributed by atoms with E-state index >= 15 is 0 Å². The van der Waals surface area contributed by atoms with Gasteiger partial charge in [-0.1, -0.05) is 0 Å². The van der Waals surface area contributed by atoms with E-state index in [0.29, 0.717) is 6.54 Å². The maximum atomic E-state index is 11.8. The summed E-state index contributed by atoms with van der Waals surface area (Å²) in [5.41, 5.74) is -0.0850. The number of carboxylic acid groups (broad SMARTS) is 1. The summed E-state index contributed by atoms with van der Waals surface area (Å²) in [6, 6.07) is 2.91. The lowest BCUT2D eigenvalue weighted by Gasteiger charge is -2.01. The molecule has 0 unspecified atom stereocenters. The van der Waals surface area contributed by atoms with E-state index in [1.807, 2.05) is 6.07 Å². The molecular weight excluding hydrogens is 258 g/mol. The van der Waals surface area contributed by atoms with Crippen molar-refractivity contribution in [3.8, 4) is 6.07 Å². The van der Waals surface area contributed by atoms with Gasteiger partial charge in [0.15, 0.2) is 0 Å². The third kappa shape index (κ3) is 3.09. The Hall–Kier alpha value is -1.85. The van der Waals surface area contributed by atoms with Crippen LogP contribution in [0.2, 0.25) is 0 Å². The van der Waals surface area contributed by atoms with Gasteiger partial charge in [-0.15, -0.1) is 0 Å². The van der Waals surface area contributed by atoms with Gasteiger partial charge in [-0.2, -0.15) is 5.26 Å². The quantitative estimate of drug-likeness (QED) is 0.727. The Kier molecular flexibility index (Phi) is 4.47. The van der Waals surface area contributed by atoms with Gasteiger partial charge in [0.1, 0.15) is 10.6 Å². The van der Waals surface area contributed by atoms with Crippen LogP contribution < -0.4 is 4.72 Å². The number of carbonyl (C=O) groups is 1. The lowest BCUT2D eigenvalue weighted by molar-refractivity contribution is 0.0685. The van der Waals surface area contributed by atoms with Crippen LogP contribution in [0.5, 0.6) is 0 Å². The second-order valence-corrected chi connectivity index (χ2v) is 5.23. The number of carboxylic acids is 1. The molecule has 0 radical (unpaired) electrons. The molecule has 7 nitrogen and oxygen atoms in total. The van der Waals surface area contributed by atoms with Crippen LogP contribution in [0, 0.1) is 11.3 Å². The lowest BCUT2D eigenvalue weighted by Crippen LogP contribution is -2.24. The Labute approximate surface area is 105 Å². The summed E-state index contributed by atoms with van der Waals surface area (Å²) in [7, 11) is -3.76. The van der Waals surface area contributed by atoms with Crippen LogP contribution in [-0.4, -0.2) is 30.6 Å². The molecule has 1 aromatic rings. The van der Waals surface area contributed by atoms with Crippen LogP contribution in [0.4, 0.5) is 0 Å². The molecule has 98 valence electrons. The van der Waals surface area contributed by atoms with Crippen molar-refractivity contribution in [3.63, 3.8) is 0 Å². The first-order valence-electron chi connectivity index (χ1n) is 5.22. The Morgan fingerprint density at radius 2 is 2.28 bits per heavy atom. The van der Waals surface area contributed by atoms with Crippen LogP contribution in [0.25, 0.3) is 0 Å². The Morgan fingerprint density at radius 3 is 2.72 bits per heavy atom. The third-order valence-electron chi connectivity index (χ3n) is 2.27. The molecule has 0 aliphatic heterocycles. The summed E-state index contributed by atoms with van der Waals surface area (Å²) in [4.78, 5) is 10.8. The topological polar surface area (TPSA) is 112 Å². The van der Waals surface area contributed by atoms with Crippen LogP contribution in [0.1, 0.15) is 23.8 Å². The molecule has 0 spiro atoms. The van der Waals surface area contributed by atoms with Gasteiger partial charge in [-0.05, 0) is 13.0 Å². The second-order valence-electron chi connectivity index (χ2n) is 3.46. The molecule has 0 bridgehead atoms. The number of nitriles is 1. The van der Waals surface area contributed by atoms with E-state index in [1.54, 1.807) is 6.92 Å². The summed E-state index contributed by atoms with van der Waals surface area (Å²) in [6.45, 7) is 2.07. The zero-order valence-corrected chi connectivity index (χ0v) is 10.6. The number of aryl methyl sites for hydroxylation is 1. The first kappa shape index (κ1) is 14.2. The summed E-state index contributed by atoms with van der Waals surface area (Å²) >= 11 is 0. The monoisotopic (exact) mass is 271 g/mol. The second kappa shape index (κ2) is 5.66. The van der Waals surface area contributed by atoms with Crippen LogP contribution >= 0.6 is 0 Å². The first-order chi connectivity index (χ1) is 8.42. The molecule has 1 heterocycles. The summed E-state index contributed by atoms with van der Waals surface area (Å²) in [5, 5.41) is 17.2. The number of aromatic carboxylic acids is 1. The molecule has 0 aliphatic carbocycles. The Bertz CT molecular complexity index is 583. The van der Waals surface area contributed by atoms with Crippen LogP contribution in [0.3, 0.4) is 0 Å². The van der Waals surface area contributed by atoms with Gasteiger partial charge >= 0.3 is 5.97 Å². The van der Waals surface area contributed by atoms with Gasteiger partial charge in [0.05, 0.1) is 6.07 Å². The molecule has 1 rings (SSSR count). The fourth-order valence-corrected chi connectivity index (χ4v) is 2.47. The number of rotatable bonds is 6. The molecule has 0 saturated heterocycles. The third-order valence-corrected chi connectivity index (χ3v) is 3.70. The van der Waals surface area contributed by atoms with E-state index in [1.165, 1.54) is 10.8 Å². The van der Waals surface area contributed by atoms with Crippen molar-refractivity contribution in [2.45, 2.75) is 24.8 Å². The van der Waals surface area contributed by atoms with Gasteiger partial charge in [0, 0.05) is 25.7 Å². The fraction of sp³-hybridized carbons (Fsp3) is 0.400. The maximum absolute atomic E-state index is 11.8. The van der Waals surface area contributed by atoms with Crippen molar-refractivity contribution in [2.24, 2.45) is 0 Å². The van der Waals surface area contributed by atoms with E-state index in [9.17, 15) is 13.2 Å². The van der Waals surface area contributed by atoms with Crippen molar-refractivity contribution in [2.75, 3.05) is 6.54 Å². The van der Waals surface area contributed by atoms with E-state index < -0.39 is 16.0 Å². The Balaban J connectivity index is 3.03. The standard InChI is InChI=1S/C10H13N3O4S/c1-2-13-7-8(6-9(13)10(14)15)18(16,17)12-5-3-4-11/h6-7,12H,2-3,5H2,1H3,(H,14,15). The predicted molar refractivity (Wildman–Crippen MR) is 62.5 cm³/mol. The zero-order chi connectivity index (χ0) is 13.8. The van der Waals surface area contributed by atoms with Crippen molar-refractivity contribution in [1.29, 1.82) is 5.26 Å². The van der Waals surface area contributed by atoms with E-state index in [4.69, 9.17) is 10.4 Å². The molecule has 0 aromatic carbocycles. The maximum Gasteiger partial charge on any atom is 0.352 e. The van der Waals surface area contributed by atoms with Crippen LogP contribution in [-0.2, 0) is 16.6 Å². The smallest absolute Gasteiger partial charge is 0.352 e. The molecule has 0 fully saturated rings. The first-order valence-corrected chi connectivity index (χ1v) is 6.70. The predicted octanol–water partition coefficient (Wildman–Crippen LogP) is 0.398. The largest absolute Gasteiger partial charge is 0.477 e. The van der Waals surface area contributed by atoms with Crippen molar-refractivity contribution >= 4 is 16.0 Å². The number of sulfonamides is 1. The fourth-order valence-electron chi connectivity index (χ4n) is 1.40. The molecule has 0 amide bonds. The average molecular weight is 271 g/mol. The minimum Gasteiger partial charge on any atom is -0.477 e. The van der Waals surface area contributed by atoms with Gasteiger partial charge in [0.25, 0.3) is 0 Å². The highest BCUT2D eigenvalue weighted by atomic mass is 32.2. The van der Waals surface area contributed by atoms with Crippen molar-refractivity contribution in [3.05, 3.63) is 18.0 Å². The number of aromatic nitrogens is 1. The van der Waals surface area contributed by atoms with Gasteiger partial charge < -0.3 is 9.67 Å². The molecule has 0 saturated carbocycles. The molecule has 1 aromatic heterocycles. The minimum absolute atomic E-state index is 0.00145. The molecular formula is C10H13N3O4S. The molecule has 0 atom stereocenters. The highest BCUT2D eigenvalue weighted by molar-refractivity contribution is 7.89.